The van der Waals surface area contributed by atoms with Gasteiger partial charge in [-0.2, -0.15) is 5.10 Å². The van der Waals surface area contributed by atoms with Crippen LogP contribution < -0.4 is 5.32 Å². The van der Waals surface area contributed by atoms with Gasteiger partial charge in [0.15, 0.2) is 0 Å². The van der Waals surface area contributed by atoms with E-state index < -0.39 is 17.4 Å². The molecule has 0 aliphatic rings. The first-order valence-corrected chi connectivity index (χ1v) is 5.20. The molecule has 0 saturated carbocycles. The fourth-order valence-corrected chi connectivity index (χ4v) is 1.07. The number of nitrogens with one attached hydrogen (secondary N) is 1. The summed E-state index contributed by atoms with van der Waals surface area (Å²) in [4.78, 5) is 26.3. The first-order chi connectivity index (χ1) is 7.84. The molecule has 1 aromatic rings. The van der Waals surface area contributed by atoms with Crippen molar-refractivity contribution in [2.24, 2.45) is 5.41 Å². The van der Waals surface area contributed by atoms with Crippen LogP contribution in [0.25, 0.3) is 0 Å². The summed E-state index contributed by atoms with van der Waals surface area (Å²) < 4.78 is 1.41. The zero-order chi connectivity index (χ0) is 13.1. The van der Waals surface area contributed by atoms with E-state index >= 15 is 0 Å². The zero-order valence-electron chi connectivity index (χ0n) is 10.0. The quantitative estimate of drug-likeness (QED) is 0.758. The van der Waals surface area contributed by atoms with Crippen LogP contribution in [-0.4, -0.2) is 38.3 Å². The van der Waals surface area contributed by atoms with Crippen LogP contribution >= 0.6 is 0 Å². The summed E-state index contributed by atoms with van der Waals surface area (Å²) in [5.74, 6) is -1.24. The minimum Gasteiger partial charge on any atom is -0.481 e. The van der Waals surface area contributed by atoms with Gasteiger partial charge in [-0.3, -0.25) is 9.59 Å². The van der Waals surface area contributed by atoms with Gasteiger partial charge in [0.05, 0.1) is 5.41 Å². The van der Waals surface area contributed by atoms with Crippen LogP contribution in [0.15, 0.2) is 12.7 Å². The summed E-state index contributed by atoms with van der Waals surface area (Å²) in [5, 5.41) is 15.3. The van der Waals surface area contributed by atoms with Crippen molar-refractivity contribution in [3.05, 3.63) is 12.7 Å². The molecule has 7 nitrogen and oxygen atoms in total. The molecular weight excluding hydrogens is 224 g/mol. The number of aromatic nitrogens is 3. The molecule has 0 radical (unpaired) electrons. The van der Waals surface area contributed by atoms with E-state index in [1.54, 1.807) is 20.8 Å². The van der Waals surface area contributed by atoms with E-state index in [1.165, 1.54) is 17.3 Å². The number of carbonyl (C=O) groups is 2. The van der Waals surface area contributed by atoms with Crippen LogP contribution in [0.5, 0.6) is 0 Å². The van der Waals surface area contributed by atoms with Crippen LogP contribution in [0.4, 0.5) is 0 Å². The van der Waals surface area contributed by atoms with Gasteiger partial charge in [-0.1, -0.05) is 0 Å². The molecule has 0 aliphatic heterocycles. The van der Waals surface area contributed by atoms with Crippen LogP contribution in [0.3, 0.4) is 0 Å². The third-order valence-corrected chi connectivity index (χ3v) is 2.50. The fraction of sp³-hybridized carbons (Fsp3) is 0.600. The molecule has 1 rings (SSSR count). The van der Waals surface area contributed by atoms with Crippen molar-refractivity contribution in [1.82, 2.24) is 20.1 Å². The Morgan fingerprint density at radius 2 is 2.18 bits per heavy atom. The molecule has 1 aromatic heterocycles. The van der Waals surface area contributed by atoms with Crippen molar-refractivity contribution in [1.29, 1.82) is 0 Å². The molecule has 1 heterocycles. The molecule has 94 valence electrons. The molecule has 0 bridgehead atoms. The number of amides is 1. The molecule has 1 atom stereocenters. The molecular formula is C10H16N4O3. The van der Waals surface area contributed by atoms with Gasteiger partial charge in [0.2, 0.25) is 5.91 Å². The lowest BCUT2D eigenvalue weighted by atomic mass is 9.94. The second-order valence-corrected chi connectivity index (χ2v) is 4.46. The van der Waals surface area contributed by atoms with E-state index in [2.05, 4.69) is 15.4 Å². The summed E-state index contributed by atoms with van der Waals surface area (Å²) in [6.45, 7) is 4.84. The van der Waals surface area contributed by atoms with Gasteiger partial charge in [0, 0.05) is 6.54 Å². The number of nitrogens with zero attached hydrogens (tertiary/aromatic N) is 3. The number of carbonyl (C=O) groups excluding carboxylic acids is 1. The first kappa shape index (κ1) is 13.1. The highest BCUT2D eigenvalue weighted by Crippen LogP contribution is 2.13. The predicted molar refractivity (Wildman–Crippen MR) is 59.2 cm³/mol. The fourth-order valence-electron chi connectivity index (χ4n) is 1.07. The van der Waals surface area contributed by atoms with Crippen molar-refractivity contribution in [2.45, 2.75) is 26.8 Å². The highest BCUT2D eigenvalue weighted by Gasteiger charge is 2.28. The summed E-state index contributed by atoms with van der Waals surface area (Å²) in [6.07, 6.45) is 2.78. The van der Waals surface area contributed by atoms with E-state index in [0.717, 1.165) is 0 Å². The Hall–Kier alpha value is -1.92. The number of hydrogen-bond acceptors (Lipinski definition) is 4. The molecule has 0 aromatic carbocycles. The highest BCUT2D eigenvalue weighted by molar-refractivity contribution is 5.81. The molecule has 0 fully saturated rings. The normalized spacial score (nSPS) is 13.1. The van der Waals surface area contributed by atoms with Crippen LogP contribution in [0.2, 0.25) is 0 Å². The maximum absolute atomic E-state index is 11.7. The predicted octanol–water partition coefficient (Wildman–Crippen LogP) is 0.0661. The number of aliphatic carboxylic acids is 1. The SMILES string of the molecule is CC(C(=O)NCC(C)(C)C(=O)O)n1cncn1. The summed E-state index contributed by atoms with van der Waals surface area (Å²) in [6, 6.07) is -0.512. The third kappa shape index (κ3) is 3.27. The highest BCUT2D eigenvalue weighted by atomic mass is 16.4. The maximum Gasteiger partial charge on any atom is 0.310 e. The number of carboxylic acids is 1. The van der Waals surface area contributed by atoms with Crippen molar-refractivity contribution in [3.63, 3.8) is 0 Å². The summed E-state index contributed by atoms with van der Waals surface area (Å²) in [7, 11) is 0. The Bertz CT molecular complexity index is 400. The van der Waals surface area contributed by atoms with Crippen molar-refractivity contribution in [2.75, 3.05) is 6.54 Å². The molecule has 1 amide bonds. The topological polar surface area (TPSA) is 97.1 Å². The smallest absolute Gasteiger partial charge is 0.310 e. The second kappa shape index (κ2) is 4.94. The molecule has 0 saturated heterocycles. The van der Waals surface area contributed by atoms with Crippen LogP contribution in [-0.2, 0) is 9.59 Å². The number of hydrogen-bond donors (Lipinski definition) is 2. The Morgan fingerprint density at radius 3 is 2.65 bits per heavy atom. The van der Waals surface area contributed by atoms with Gasteiger partial charge in [-0.05, 0) is 20.8 Å². The largest absolute Gasteiger partial charge is 0.481 e. The van der Waals surface area contributed by atoms with E-state index in [-0.39, 0.29) is 12.5 Å². The number of carboxylic acid groups (broad SMARTS) is 1. The summed E-state index contributed by atoms with van der Waals surface area (Å²) >= 11 is 0. The van der Waals surface area contributed by atoms with E-state index in [9.17, 15) is 9.59 Å². The van der Waals surface area contributed by atoms with E-state index in [4.69, 9.17) is 5.11 Å². The van der Waals surface area contributed by atoms with E-state index in [0.29, 0.717) is 0 Å². The minimum atomic E-state index is -0.988. The van der Waals surface area contributed by atoms with Gasteiger partial charge in [-0.25, -0.2) is 9.67 Å². The molecule has 0 aliphatic carbocycles. The van der Waals surface area contributed by atoms with Crippen LogP contribution in [0, 0.1) is 5.41 Å². The lowest BCUT2D eigenvalue weighted by molar-refractivity contribution is -0.146. The van der Waals surface area contributed by atoms with Gasteiger partial charge in [-0.15, -0.1) is 0 Å². The molecule has 2 N–H and O–H groups in total. The average Bonchev–Trinajstić information content (AvgIpc) is 2.78. The second-order valence-electron chi connectivity index (χ2n) is 4.46. The molecule has 17 heavy (non-hydrogen) atoms. The zero-order valence-corrected chi connectivity index (χ0v) is 10.0. The monoisotopic (exact) mass is 240 g/mol. The minimum absolute atomic E-state index is 0.0696. The Balaban J connectivity index is 2.54. The lowest BCUT2D eigenvalue weighted by Crippen LogP contribution is -2.41. The Kier molecular flexibility index (Phi) is 3.82. The molecule has 0 spiro atoms. The molecule has 7 heteroatoms. The summed E-state index contributed by atoms with van der Waals surface area (Å²) in [5.41, 5.74) is -0.988. The standard InChI is InChI=1S/C10H16N4O3/c1-7(14-6-11-5-13-14)8(15)12-4-10(2,3)9(16)17/h5-7H,4H2,1-3H3,(H,12,15)(H,16,17). The van der Waals surface area contributed by atoms with Gasteiger partial charge < -0.3 is 10.4 Å². The first-order valence-electron chi connectivity index (χ1n) is 5.20. The maximum atomic E-state index is 11.7. The van der Waals surface area contributed by atoms with Crippen molar-refractivity contribution >= 4 is 11.9 Å². The van der Waals surface area contributed by atoms with Gasteiger partial charge >= 0.3 is 5.97 Å². The van der Waals surface area contributed by atoms with Gasteiger partial charge in [0.25, 0.3) is 0 Å². The van der Waals surface area contributed by atoms with E-state index in [1.807, 2.05) is 0 Å². The lowest BCUT2D eigenvalue weighted by Gasteiger charge is -2.21. The Labute approximate surface area is 98.8 Å². The third-order valence-electron chi connectivity index (χ3n) is 2.50. The van der Waals surface area contributed by atoms with Crippen LogP contribution in [0.1, 0.15) is 26.8 Å². The van der Waals surface area contributed by atoms with Crippen molar-refractivity contribution < 1.29 is 14.7 Å². The van der Waals surface area contributed by atoms with Crippen molar-refractivity contribution in [3.8, 4) is 0 Å². The number of rotatable bonds is 5. The van der Waals surface area contributed by atoms with Gasteiger partial charge in [0.1, 0.15) is 18.7 Å². The average molecular weight is 240 g/mol. The molecule has 1 unspecified atom stereocenters. The Morgan fingerprint density at radius 1 is 1.53 bits per heavy atom.